The lowest BCUT2D eigenvalue weighted by Crippen LogP contribution is -2.36. The molecular formula is C24H24N6O4S. The molecule has 0 atom stereocenters. The smallest absolute Gasteiger partial charge is 0.268 e. The molecule has 0 fully saturated rings. The van der Waals surface area contributed by atoms with Crippen molar-refractivity contribution >= 4 is 21.6 Å². The Morgan fingerprint density at radius 1 is 1.09 bits per heavy atom. The summed E-state index contributed by atoms with van der Waals surface area (Å²) in [5.74, 6) is 0.251. The molecule has 0 unspecified atom stereocenters. The summed E-state index contributed by atoms with van der Waals surface area (Å²) in [5, 5.41) is 15.5. The molecule has 2 aromatic heterocycles. The Morgan fingerprint density at radius 3 is 2.57 bits per heavy atom. The van der Waals surface area contributed by atoms with Gasteiger partial charge in [-0.3, -0.25) is 9.48 Å². The number of fused-ring (bicyclic) bond motifs is 1. The van der Waals surface area contributed by atoms with Gasteiger partial charge in [0, 0.05) is 50.3 Å². The molecule has 0 spiro atoms. The molecular weight excluding hydrogens is 468 g/mol. The maximum absolute atomic E-state index is 13.7. The predicted octanol–water partition coefficient (Wildman–Crippen LogP) is 3.15. The number of nitrogens with one attached hydrogen (secondary N) is 1. The second-order valence-electron chi connectivity index (χ2n) is 8.45. The summed E-state index contributed by atoms with van der Waals surface area (Å²) < 4.78 is 36.4. The van der Waals surface area contributed by atoms with Crippen molar-refractivity contribution in [2.45, 2.75) is 31.7 Å². The zero-order valence-electron chi connectivity index (χ0n) is 19.5. The van der Waals surface area contributed by atoms with E-state index in [1.165, 1.54) is 11.2 Å². The summed E-state index contributed by atoms with van der Waals surface area (Å²) in [6.45, 7) is 3.53. The highest BCUT2D eigenvalue weighted by molar-refractivity contribution is 7.89. The first kappa shape index (κ1) is 22.9. The number of rotatable bonds is 5. The van der Waals surface area contributed by atoms with Gasteiger partial charge in [-0.1, -0.05) is 24.3 Å². The monoisotopic (exact) mass is 492 g/mol. The number of carbonyl (C=O) groups excluding carboxylic acids is 1. The lowest BCUT2D eigenvalue weighted by atomic mass is 10.1. The molecule has 11 heteroatoms. The molecule has 0 radical (unpaired) electrons. The number of amides is 1. The van der Waals surface area contributed by atoms with Crippen LogP contribution in [0.3, 0.4) is 0 Å². The van der Waals surface area contributed by atoms with Gasteiger partial charge >= 0.3 is 0 Å². The third kappa shape index (κ3) is 4.24. The number of sulfonamides is 1. The standard InChI is InChI=1S/C24H24N6O4S/c1-15-9-10-19(25-16(2)31)21(13-15)35(32,33)30-12-11-20-18(14-30)22(28-29(20)3)24-27-26-23(34-24)17-7-5-4-6-8-17/h4-10,13H,11-12,14H2,1-3H3,(H,25,31). The van der Waals surface area contributed by atoms with Gasteiger partial charge in [0.15, 0.2) is 5.69 Å². The van der Waals surface area contributed by atoms with E-state index in [0.717, 1.165) is 22.4 Å². The van der Waals surface area contributed by atoms with Gasteiger partial charge in [0.25, 0.3) is 5.89 Å². The van der Waals surface area contributed by atoms with Crippen LogP contribution < -0.4 is 5.32 Å². The second-order valence-corrected chi connectivity index (χ2v) is 10.4. The van der Waals surface area contributed by atoms with Crippen molar-refractivity contribution in [2.75, 3.05) is 11.9 Å². The van der Waals surface area contributed by atoms with Crippen molar-refractivity contribution in [1.29, 1.82) is 0 Å². The summed E-state index contributed by atoms with van der Waals surface area (Å²) in [4.78, 5) is 11.7. The van der Waals surface area contributed by atoms with Crippen LogP contribution in [-0.4, -0.2) is 45.2 Å². The minimum Gasteiger partial charge on any atom is -0.415 e. The fourth-order valence-corrected chi connectivity index (χ4v) is 5.88. The van der Waals surface area contributed by atoms with Gasteiger partial charge in [-0.2, -0.15) is 9.40 Å². The summed E-state index contributed by atoms with van der Waals surface area (Å²) in [5.41, 5.74) is 3.91. The van der Waals surface area contributed by atoms with E-state index < -0.39 is 10.0 Å². The van der Waals surface area contributed by atoms with Gasteiger partial charge in [-0.15, -0.1) is 10.2 Å². The van der Waals surface area contributed by atoms with E-state index in [4.69, 9.17) is 4.42 Å². The van der Waals surface area contributed by atoms with E-state index in [9.17, 15) is 13.2 Å². The highest BCUT2D eigenvalue weighted by atomic mass is 32.2. The largest absolute Gasteiger partial charge is 0.415 e. The normalized spacial score (nSPS) is 14.0. The van der Waals surface area contributed by atoms with E-state index in [1.807, 2.05) is 44.3 Å². The van der Waals surface area contributed by atoms with E-state index >= 15 is 0 Å². The van der Waals surface area contributed by atoms with Gasteiger partial charge in [0.2, 0.25) is 21.8 Å². The van der Waals surface area contributed by atoms with Crippen LogP contribution in [-0.2, 0) is 34.8 Å². The Kier molecular flexibility index (Phi) is 5.73. The van der Waals surface area contributed by atoms with Crippen LogP contribution in [0.15, 0.2) is 57.8 Å². The molecule has 180 valence electrons. The highest BCUT2D eigenvalue weighted by Gasteiger charge is 2.35. The molecule has 1 N–H and O–H groups in total. The van der Waals surface area contributed by atoms with E-state index in [2.05, 4.69) is 20.6 Å². The van der Waals surface area contributed by atoms with Crippen LogP contribution in [0.4, 0.5) is 5.69 Å². The van der Waals surface area contributed by atoms with Gasteiger partial charge in [-0.25, -0.2) is 8.42 Å². The molecule has 0 bridgehead atoms. The molecule has 4 aromatic rings. The van der Waals surface area contributed by atoms with Crippen molar-refractivity contribution < 1.29 is 17.6 Å². The molecule has 1 aliphatic rings. The van der Waals surface area contributed by atoms with Crippen LogP contribution in [0.5, 0.6) is 0 Å². The Hall–Kier alpha value is -3.83. The molecule has 5 rings (SSSR count). The van der Waals surface area contributed by atoms with Crippen molar-refractivity contribution in [2.24, 2.45) is 7.05 Å². The third-order valence-corrected chi connectivity index (χ3v) is 7.81. The van der Waals surface area contributed by atoms with Gasteiger partial charge in [0.1, 0.15) is 4.90 Å². The Balaban J connectivity index is 1.51. The number of benzene rings is 2. The molecule has 1 aliphatic heterocycles. The summed E-state index contributed by atoms with van der Waals surface area (Å²) >= 11 is 0. The molecule has 0 saturated carbocycles. The number of carbonyl (C=O) groups is 1. The van der Waals surface area contributed by atoms with E-state index in [0.29, 0.717) is 18.0 Å². The van der Waals surface area contributed by atoms with Gasteiger partial charge in [-0.05, 0) is 36.8 Å². The van der Waals surface area contributed by atoms with Gasteiger partial charge < -0.3 is 9.73 Å². The number of nitrogens with zero attached hydrogens (tertiary/aromatic N) is 5. The molecule has 2 aromatic carbocycles. The first-order valence-electron chi connectivity index (χ1n) is 11.1. The lowest BCUT2D eigenvalue weighted by molar-refractivity contribution is -0.114. The fourth-order valence-electron chi connectivity index (χ4n) is 4.24. The quantitative estimate of drug-likeness (QED) is 0.454. The highest BCUT2D eigenvalue weighted by Crippen LogP contribution is 2.34. The van der Waals surface area contributed by atoms with Crippen LogP contribution in [0, 0.1) is 6.92 Å². The summed E-state index contributed by atoms with van der Waals surface area (Å²) in [6.07, 6.45) is 0.471. The van der Waals surface area contributed by atoms with Crippen LogP contribution in [0.1, 0.15) is 23.7 Å². The first-order valence-corrected chi connectivity index (χ1v) is 12.5. The Morgan fingerprint density at radius 2 is 1.83 bits per heavy atom. The number of aromatic nitrogens is 4. The number of hydrogen-bond donors (Lipinski definition) is 1. The lowest BCUT2D eigenvalue weighted by Gasteiger charge is -2.27. The van der Waals surface area contributed by atoms with E-state index in [-0.39, 0.29) is 35.5 Å². The summed E-state index contributed by atoms with van der Waals surface area (Å²) in [7, 11) is -2.10. The molecule has 3 heterocycles. The first-order chi connectivity index (χ1) is 16.7. The minimum atomic E-state index is -3.92. The SMILES string of the molecule is CC(=O)Nc1ccc(C)cc1S(=O)(=O)N1CCc2c(c(-c3nnc(-c4ccccc4)o3)nn2C)C1. The molecule has 0 aliphatic carbocycles. The predicted molar refractivity (Wildman–Crippen MR) is 129 cm³/mol. The van der Waals surface area contributed by atoms with Crippen molar-refractivity contribution in [3.05, 3.63) is 65.4 Å². The zero-order valence-corrected chi connectivity index (χ0v) is 20.3. The van der Waals surface area contributed by atoms with Gasteiger partial charge in [0.05, 0.1) is 5.69 Å². The minimum absolute atomic E-state index is 0.0609. The maximum Gasteiger partial charge on any atom is 0.268 e. The third-order valence-electron chi connectivity index (χ3n) is 5.92. The van der Waals surface area contributed by atoms with Crippen LogP contribution in [0.2, 0.25) is 0 Å². The molecule has 0 saturated heterocycles. The Bertz CT molecular complexity index is 1520. The van der Waals surface area contributed by atoms with Crippen LogP contribution in [0.25, 0.3) is 23.0 Å². The fraction of sp³-hybridized carbons (Fsp3) is 0.250. The molecule has 10 nitrogen and oxygen atoms in total. The molecule has 1 amide bonds. The van der Waals surface area contributed by atoms with Crippen LogP contribution >= 0.6 is 0 Å². The summed E-state index contributed by atoms with van der Waals surface area (Å²) in [6, 6.07) is 14.3. The Labute approximate surface area is 202 Å². The number of anilines is 1. The average molecular weight is 493 g/mol. The van der Waals surface area contributed by atoms with Crippen molar-refractivity contribution in [3.8, 4) is 23.0 Å². The van der Waals surface area contributed by atoms with Crippen molar-refractivity contribution in [1.82, 2.24) is 24.3 Å². The maximum atomic E-state index is 13.7. The zero-order chi connectivity index (χ0) is 24.7. The topological polar surface area (TPSA) is 123 Å². The van der Waals surface area contributed by atoms with Crippen molar-refractivity contribution in [3.63, 3.8) is 0 Å². The second kappa shape index (κ2) is 8.75. The van der Waals surface area contributed by atoms with E-state index in [1.54, 1.807) is 22.9 Å². The number of aryl methyl sites for hydroxylation is 2. The number of hydrogen-bond acceptors (Lipinski definition) is 7. The molecule has 35 heavy (non-hydrogen) atoms. The average Bonchev–Trinajstić information content (AvgIpc) is 3.45.